The van der Waals surface area contributed by atoms with Gasteiger partial charge in [0.2, 0.25) is 0 Å². The Bertz CT molecular complexity index is 482. The number of aliphatic hydroxyl groups is 1. The topological polar surface area (TPSA) is 63.6 Å². The maximum atomic E-state index is 11.9. The molecule has 0 heterocycles. The molecule has 108 valence electrons. The van der Waals surface area contributed by atoms with Gasteiger partial charge in [-0.05, 0) is 31.5 Å². The van der Waals surface area contributed by atoms with Crippen LogP contribution in [0.5, 0.6) is 0 Å². The third kappa shape index (κ3) is 6.92. The maximum absolute atomic E-state index is 11.9. The fourth-order valence-corrected chi connectivity index (χ4v) is 3.16. The first-order chi connectivity index (χ1) is 8.78. The summed E-state index contributed by atoms with van der Waals surface area (Å²) in [5.74, 6) is -0.411. The van der Waals surface area contributed by atoms with Crippen LogP contribution in [0.2, 0.25) is 5.02 Å². The molecule has 0 bridgehead atoms. The molecule has 0 radical (unpaired) electrons. The van der Waals surface area contributed by atoms with Gasteiger partial charge in [0, 0.05) is 5.02 Å². The monoisotopic (exact) mass is 306 g/mol. The van der Waals surface area contributed by atoms with E-state index < -0.39 is 15.9 Å². The van der Waals surface area contributed by atoms with Gasteiger partial charge >= 0.3 is 0 Å². The van der Waals surface area contributed by atoms with Gasteiger partial charge in [0.1, 0.15) is 0 Å². The molecule has 0 saturated heterocycles. The molecule has 4 nitrogen and oxygen atoms in total. The Hall–Kier alpha value is -0.620. The van der Waals surface area contributed by atoms with Crippen LogP contribution >= 0.6 is 11.6 Å². The molecular formula is C13H19ClO4S. The second kappa shape index (κ2) is 7.24. The van der Waals surface area contributed by atoms with Crippen molar-refractivity contribution in [3.05, 3.63) is 34.9 Å². The summed E-state index contributed by atoms with van der Waals surface area (Å²) in [7, 11) is -3.37. The van der Waals surface area contributed by atoms with Crippen molar-refractivity contribution in [3.8, 4) is 0 Å². The third-order valence-corrected chi connectivity index (χ3v) is 4.29. The Labute approximate surface area is 119 Å². The van der Waals surface area contributed by atoms with E-state index in [1.165, 1.54) is 0 Å². The lowest BCUT2D eigenvalue weighted by molar-refractivity contribution is 0.0146. The first-order valence-corrected chi connectivity index (χ1v) is 8.23. The molecule has 1 atom stereocenters. The molecule has 0 aliphatic rings. The Balaban J connectivity index is 2.54. The molecular weight excluding hydrogens is 288 g/mol. The van der Waals surface area contributed by atoms with Crippen LogP contribution in [0.15, 0.2) is 24.3 Å². The molecule has 0 fully saturated rings. The van der Waals surface area contributed by atoms with Crippen molar-refractivity contribution >= 4 is 21.4 Å². The van der Waals surface area contributed by atoms with Crippen molar-refractivity contribution in [2.45, 2.75) is 31.8 Å². The lowest BCUT2D eigenvalue weighted by Crippen LogP contribution is -2.27. The van der Waals surface area contributed by atoms with Gasteiger partial charge in [-0.2, -0.15) is 0 Å². The van der Waals surface area contributed by atoms with E-state index in [1.54, 1.807) is 24.3 Å². The summed E-state index contributed by atoms with van der Waals surface area (Å²) < 4.78 is 29.0. The number of aliphatic hydroxyl groups excluding tert-OH is 1. The van der Waals surface area contributed by atoms with Gasteiger partial charge in [0.15, 0.2) is 9.84 Å². The zero-order valence-electron chi connectivity index (χ0n) is 11.0. The Morgan fingerprint density at radius 2 is 1.84 bits per heavy atom. The molecule has 0 aliphatic carbocycles. The van der Waals surface area contributed by atoms with Gasteiger partial charge in [-0.25, -0.2) is 8.42 Å². The van der Waals surface area contributed by atoms with Crippen LogP contribution in [0.1, 0.15) is 19.4 Å². The largest absolute Gasteiger partial charge is 0.390 e. The van der Waals surface area contributed by atoms with Gasteiger partial charge in [0.25, 0.3) is 0 Å². The molecule has 1 rings (SSSR count). The minimum Gasteiger partial charge on any atom is -0.390 e. The van der Waals surface area contributed by atoms with Crippen LogP contribution < -0.4 is 0 Å². The molecule has 19 heavy (non-hydrogen) atoms. The van der Waals surface area contributed by atoms with Crippen molar-refractivity contribution < 1.29 is 18.3 Å². The Kier molecular flexibility index (Phi) is 6.26. The summed E-state index contributed by atoms with van der Waals surface area (Å²) in [4.78, 5) is 0. The Morgan fingerprint density at radius 1 is 1.26 bits per heavy atom. The molecule has 0 spiro atoms. The van der Waals surface area contributed by atoms with E-state index in [2.05, 4.69) is 0 Å². The fourth-order valence-electron chi connectivity index (χ4n) is 1.54. The second-order valence-electron chi connectivity index (χ2n) is 4.72. The van der Waals surface area contributed by atoms with Gasteiger partial charge < -0.3 is 9.84 Å². The first-order valence-electron chi connectivity index (χ1n) is 6.03. The summed E-state index contributed by atoms with van der Waals surface area (Å²) in [6, 6.07) is 6.61. The molecule has 6 heteroatoms. The van der Waals surface area contributed by atoms with E-state index in [-0.39, 0.29) is 24.2 Å². The quantitative estimate of drug-likeness (QED) is 0.837. The second-order valence-corrected chi connectivity index (χ2v) is 7.26. The molecule has 1 aromatic rings. The summed E-state index contributed by atoms with van der Waals surface area (Å²) in [5.41, 5.74) is 0.654. The zero-order chi connectivity index (χ0) is 14.5. The number of rotatable bonds is 7. The average molecular weight is 307 g/mol. The molecule has 0 amide bonds. The lowest BCUT2D eigenvalue weighted by atomic mass is 10.2. The molecule has 0 saturated carbocycles. The van der Waals surface area contributed by atoms with E-state index in [4.69, 9.17) is 16.3 Å². The maximum Gasteiger partial charge on any atom is 0.157 e. The van der Waals surface area contributed by atoms with Crippen molar-refractivity contribution in [1.82, 2.24) is 0 Å². The number of sulfone groups is 1. The highest BCUT2D eigenvalue weighted by Gasteiger charge is 2.18. The van der Waals surface area contributed by atoms with Crippen molar-refractivity contribution in [2.24, 2.45) is 0 Å². The van der Waals surface area contributed by atoms with Crippen LogP contribution in [0.3, 0.4) is 0 Å². The molecule has 0 aromatic heterocycles. The minimum atomic E-state index is -3.37. The van der Waals surface area contributed by atoms with Crippen LogP contribution in [0, 0.1) is 0 Å². The van der Waals surface area contributed by atoms with Crippen LogP contribution in [-0.4, -0.2) is 38.1 Å². The number of benzene rings is 1. The van der Waals surface area contributed by atoms with Gasteiger partial charge in [-0.15, -0.1) is 0 Å². The van der Waals surface area contributed by atoms with Crippen molar-refractivity contribution in [1.29, 1.82) is 0 Å². The van der Waals surface area contributed by atoms with E-state index in [1.807, 2.05) is 13.8 Å². The van der Waals surface area contributed by atoms with Crippen LogP contribution in [-0.2, 0) is 20.3 Å². The average Bonchev–Trinajstić information content (AvgIpc) is 2.28. The van der Waals surface area contributed by atoms with Crippen molar-refractivity contribution in [2.75, 3.05) is 12.4 Å². The molecule has 1 N–H and O–H groups in total. The zero-order valence-corrected chi connectivity index (χ0v) is 12.6. The normalized spacial score (nSPS) is 13.7. The van der Waals surface area contributed by atoms with E-state index in [0.29, 0.717) is 10.6 Å². The standard InChI is InChI=1S/C13H19ClO4S/c1-10(2)18-7-13(15)9-19(16,17)8-11-3-5-12(14)6-4-11/h3-6,10,13,15H,7-9H2,1-2H3/t13-/m0/s1. The van der Waals surface area contributed by atoms with Gasteiger partial charge in [0.05, 0.1) is 30.3 Å². The van der Waals surface area contributed by atoms with Gasteiger partial charge in [-0.3, -0.25) is 0 Å². The molecule has 0 aliphatic heterocycles. The lowest BCUT2D eigenvalue weighted by Gasteiger charge is -2.13. The predicted molar refractivity (Wildman–Crippen MR) is 76.0 cm³/mol. The van der Waals surface area contributed by atoms with E-state index in [9.17, 15) is 13.5 Å². The highest BCUT2D eigenvalue weighted by molar-refractivity contribution is 7.90. The summed E-state index contributed by atoms with van der Waals surface area (Å²) in [6.45, 7) is 3.68. The van der Waals surface area contributed by atoms with E-state index >= 15 is 0 Å². The number of hydrogen-bond donors (Lipinski definition) is 1. The predicted octanol–water partition coefficient (Wildman–Crippen LogP) is 2.04. The summed E-state index contributed by atoms with van der Waals surface area (Å²) in [6.07, 6.45) is -1.03. The summed E-state index contributed by atoms with van der Waals surface area (Å²) in [5, 5.41) is 10.2. The van der Waals surface area contributed by atoms with Crippen molar-refractivity contribution in [3.63, 3.8) is 0 Å². The van der Waals surface area contributed by atoms with E-state index in [0.717, 1.165) is 0 Å². The van der Waals surface area contributed by atoms with Crippen LogP contribution in [0.25, 0.3) is 0 Å². The third-order valence-electron chi connectivity index (χ3n) is 2.37. The number of halogens is 1. The minimum absolute atomic E-state index is 0.0253. The van der Waals surface area contributed by atoms with Gasteiger partial charge in [-0.1, -0.05) is 23.7 Å². The SMILES string of the molecule is CC(C)OC[C@H](O)CS(=O)(=O)Cc1ccc(Cl)cc1. The highest BCUT2D eigenvalue weighted by atomic mass is 35.5. The first kappa shape index (κ1) is 16.4. The smallest absolute Gasteiger partial charge is 0.157 e. The fraction of sp³-hybridized carbons (Fsp3) is 0.538. The number of ether oxygens (including phenoxy) is 1. The Morgan fingerprint density at radius 3 is 2.37 bits per heavy atom. The van der Waals surface area contributed by atoms with Crippen LogP contribution in [0.4, 0.5) is 0 Å². The highest BCUT2D eigenvalue weighted by Crippen LogP contribution is 2.13. The molecule has 1 aromatic carbocycles. The summed E-state index contributed by atoms with van der Waals surface area (Å²) >= 11 is 5.73. The number of hydrogen-bond acceptors (Lipinski definition) is 4. The molecule has 0 unspecified atom stereocenters.